The van der Waals surface area contributed by atoms with E-state index >= 15 is 0 Å². The van der Waals surface area contributed by atoms with E-state index < -0.39 is 0 Å². The highest BCUT2D eigenvalue weighted by Gasteiger charge is 2.40. The van der Waals surface area contributed by atoms with Crippen molar-refractivity contribution in [2.24, 2.45) is 0 Å². The number of piperazine rings is 1. The Bertz CT molecular complexity index is 992. The Kier molecular flexibility index (Phi) is 6.22. The van der Waals surface area contributed by atoms with Crippen LogP contribution in [0.2, 0.25) is 0 Å². The number of methoxy groups -OCH3 is 1. The average molecular weight is 436 g/mol. The number of anilines is 2. The number of benzene rings is 2. The fraction of sp³-hybridized carbons (Fsp3) is 0.519. The molecule has 0 bridgehead atoms. The van der Waals surface area contributed by atoms with Crippen molar-refractivity contribution in [3.63, 3.8) is 0 Å². The summed E-state index contributed by atoms with van der Waals surface area (Å²) < 4.78 is 5.54. The van der Waals surface area contributed by atoms with Gasteiger partial charge in [0.05, 0.1) is 19.3 Å². The number of rotatable bonds is 4. The summed E-state index contributed by atoms with van der Waals surface area (Å²) in [6.45, 7) is 15.0. The van der Waals surface area contributed by atoms with Crippen molar-refractivity contribution in [3.05, 3.63) is 53.1 Å². The lowest BCUT2D eigenvalue weighted by Crippen LogP contribution is -2.56. The first-order chi connectivity index (χ1) is 15.2. The van der Waals surface area contributed by atoms with Crippen molar-refractivity contribution in [1.29, 1.82) is 0 Å². The van der Waals surface area contributed by atoms with E-state index in [2.05, 4.69) is 67.5 Å². The molecule has 2 aliphatic rings. The zero-order valence-corrected chi connectivity index (χ0v) is 20.4. The Labute approximate surface area is 193 Å². The normalized spacial score (nSPS) is 20.8. The van der Waals surface area contributed by atoms with Gasteiger partial charge in [0.1, 0.15) is 5.75 Å². The molecule has 0 aromatic heterocycles. The molecule has 0 aliphatic carbocycles. The van der Waals surface area contributed by atoms with Crippen LogP contribution in [-0.2, 0) is 4.79 Å². The molecule has 0 radical (unpaired) electrons. The molecule has 2 aliphatic heterocycles. The van der Waals surface area contributed by atoms with E-state index in [0.29, 0.717) is 12.5 Å². The summed E-state index contributed by atoms with van der Waals surface area (Å²) in [7, 11) is 1.72. The zero-order chi connectivity index (χ0) is 23.0. The lowest BCUT2D eigenvalue weighted by atomic mass is 9.79. The lowest BCUT2D eigenvalue weighted by Gasteiger charge is -2.47. The number of nitrogens with zero attached hydrogens (tertiary/aromatic N) is 3. The Balaban J connectivity index is 1.49. The second-order valence-electron chi connectivity index (χ2n) is 10.1. The Morgan fingerprint density at radius 3 is 2.38 bits per heavy atom. The molecule has 1 fully saturated rings. The highest BCUT2D eigenvalue weighted by atomic mass is 16.5. The molecule has 2 aromatic rings. The van der Waals surface area contributed by atoms with E-state index in [1.165, 1.54) is 16.7 Å². The maximum atomic E-state index is 13.7. The topological polar surface area (TPSA) is 36.0 Å². The second-order valence-corrected chi connectivity index (χ2v) is 10.1. The predicted octanol–water partition coefficient (Wildman–Crippen LogP) is 4.75. The van der Waals surface area contributed by atoms with Crippen LogP contribution < -0.4 is 14.5 Å². The van der Waals surface area contributed by atoms with Crippen LogP contribution in [0.25, 0.3) is 0 Å². The monoisotopic (exact) mass is 435 g/mol. The highest BCUT2D eigenvalue weighted by Crippen LogP contribution is 2.44. The lowest BCUT2D eigenvalue weighted by molar-refractivity contribution is -0.121. The van der Waals surface area contributed by atoms with Gasteiger partial charge in [-0.1, -0.05) is 25.1 Å². The standard InChI is InChI=1S/C27H37N3O2/c1-19-15-22-21(3)17-27(4,5)30(24(22)16-20(19)2)26(31)18-28-11-13-29(14-12-28)23-9-7-8-10-25(23)32-6/h7-10,15-16,21H,11-14,17-18H2,1-6H3. The van der Waals surface area contributed by atoms with Gasteiger partial charge in [-0.3, -0.25) is 9.69 Å². The minimum atomic E-state index is -0.190. The smallest absolute Gasteiger partial charge is 0.241 e. The molecule has 172 valence electrons. The van der Waals surface area contributed by atoms with Gasteiger partial charge >= 0.3 is 0 Å². The van der Waals surface area contributed by atoms with Crippen LogP contribution in [0.15, 0.2) is 36.4 Å². The number of aryl methyl sites for hydroxylation is 2. The quantitative estimate of drug-likeness (QED) is 0.694. The van der Waals surface area contributed by atoms with Gasteiger partial charge in [-0.05, 0) is 74.9 Å². The molecule has 1 saturated heterocycles. The molecule has 0 N–H and O–H groups in total. The van der Waals surface area contributed by atoms with Crippen molar-refractivity contribution in [1.82, 2.24) is 4.90 Å². The van der Waals surface area contributed by atoms with E-state index in [4.69, 9.17) is 4.74 Å². The summed E-state index contributed by atoms with van der Waals surface area (Å²) in [5.74, 6) is 1.56. The molecule has 1 amide bonds. The fourth-order valence-electron chi connectivity index (χ4n) is 5.46. The summed E-state index contributed by atoms with van der Waals surface area (Å²) >= 11 is 0. The maximum absolute atomic E-state index is 13.7. The van der Waals surface area contributed by atoms with Gasteiger partial charge in [0.15, 0.2) is 0 Å². The number of ether oxygens (including phenoxy) is 1. The minimum Gasteiger partial charge on any atom is -0.495 e. The number of hydrogen-bond acceptors (Lipinski definition) is 4. The Hall–Kier alpha value is -2.53. The van der Waals surface area contributed by atoms with Gasteiger partial charge in [0.25, 0.3) is 0 Å². The maximum Gasteiger partial charge on any atom is 0.241 e. The van der Waals surface area contributed by atoms with Crippen molar-refractivity contribution in [2.45, 2.75) is 52.5 Å². The predicted molar refractivity (Wildman–Crippen MR) is 132 cm³/mol. The van der Waals surface area contributed by atoms with Crippen molar-refractivity contribution in [3.8, 4) is 5.75 Å². The number of amides is 1. The number of carbonyl (C=O) groups is 1. The van der Waals surface area contributed by atoms with E-state index in [9.17, 15) is 4.79 Å². The van der Waals surface area contributed by atoms with Crippen LogP contribution in [0, 0.1) is 13.8 Å². The molecule has 5 nitrogen and oxygen atoms in total. The average Bonchev–Trinajstić information content (AvgIpc) is 2.75. The fourth-order valence-corrected chi connectivity index (χ4v) is 5.46. The summed E-state index contributed by atoms with van der Waals surface area (Å²) in [6, 6.07) is 12.7. The first kappa shape index (κ1) is 22.7. The largest absolute Gasteiger partial charge is 0.495 e. The van der Waals surface area contributed by atoms with Crippen LogP contribution in [0.4, 0.5) is 11.4 Å². The van der Waals surface area contributed by atoms with Crippen LogP contribution in [-0.4, -0.2) is 56.2 Å². The Morgan fingerprint density at radius 2 is 1.69 bits per heavy atom. The molecule has 32 heavy (non-hydrogen) atoms. The molecule has 0 spiro atoms. The van der Waals surface area contributed by atoms with Crippen LogP contribution >= 0.6 is 0 Å². The number of carbonyl (C=O) groups excluding carboxylic acids is 1. The number of para-hydroxylation sites is 2. The summed E-state index contributed by atoms with van der Waals surface area (Å²) in [6.07, 6.45) is 0.982. The van der Waals surface area contributed by atoms with Crippen LogP contribution in [0.1, 0.15) is 49.8 Å². The molecule has 2 aromatic carbocycles. The van der Waals surface area contributed by atoms with Gasteiger partial charge in [-0.2, -0.15) is 0 Å². The van der Waals surface area contributed by atoms with Crippen molar-refractivity contribution >= 4 is 17.3 Å². The molecule has 4 rings (SSSR count). The van der Waals surface area contributed by atoms with E-state index in [-0.39, 0.29) is 11.4 Å². The van der Waals surface area contributed by atoms with Crippen LogP contribution in [0.3, 0.4) is 0 Å². The summed E-state index contributed by atoms with van der Waals surface area (Å²) in [4.78, 5) is 20.4. The van der Waals surface area contributed by atoms with E-state index in [1.54, 1.807) is 7.11 Å². The van der Waals surface area contributed by atoms with Gasteiger partial charge < -0.3 is 14.5 Å². The molecule has 1 atom stereocenters. The second kappa shape index (κ2) is 8.78. The van der Waals surface area contributed by atoms with Gasteiger partial charge in [0, 0.05) is 37.4 Å². The van der Waals surface area contributed by atoms with E-state index in [0.717, 1.165) is 49.7 Å². The van der Waals surface area contributed by atoms with Gasteiger partial charge in [-0.15, -0.1) is 0 Å². The van der Waals surface area contributed by atoms with Crippen molar-refractivity contribution < 1.29 is 9.53 Å². The molecule has 0 saturated carbocycles. The molecular formula is C27H37N3O2. The third-order valence-corrected chi connectivity index (χ3v) is 7.23. The van der Waals surface area contributed by atoms with Gasteiger partial charge in [0.2, 0.25) is 5.91 Å². The third kappa shape index (κ3) is 4.23. The van der Waals surface area contributed by atoms with Crippen molar-refractivity contribution in [2.75, 3.05) is 49.6 Å². The first-order valence-electron chi connectivity index (χ1n) is 11.8. The number of hydrogen-bond donors (Lipinski definition) is 0. The van der Waals surface area contributed by atoms with E-state index in [1.807, 2.05) is 18.2 Å². The zero-order valence-electron chi connectivity index (χ0n) is 20.4. The first-order valence-corrected chi connectivity index (χ1v) is 11.8. The Morgan fingerprint density at radius 1 is 1.03 bits per heavy atom. The minimum absolute atomic E-state index is 0.190. The number of fused-ring (bicyclic) bond motifs is 1. The van der Waals surface area contributed by atoms with Crippen LogP contribution in [0.5, 0.6) is 5.75 Å². The SMILES string of the molecule is COc1ccccc1N1CCN(CC(=O)N2c3cc(C)c(C)cc3C(C)CC2(C)C)CC1. The summed E-state index contributed by atoms with van der Waals surface area (Å²) in [5.41, 5.74) is 5.90. The van der Waals surface area contributed by atoms with Gasteiger partial charge in [-0.25, -0.2) is 0 Å². The highest BCUT2D eigenvalue weighted by molar-refractivity contribution is 5.97. The summed E-state index contributed by atoms with van der Waals surface area (Å²) in [5, 5.41) is 0. The molecule has 1 unspecified atom stereocenters. The molecule has 5 heteroatoms. The third-order valence-electron chi connectivity index (χ3n) is 7.23. The molecular weight excluding hydrogens is 398 g/mol. The molecule has 2 heterocycles.